The molecule has 1 aromatic rings. The molecule has 0 spiro atoms. The minimum Gasteiger partial charge on any atom is -0.467 e. The van der Waals surface area contributed by atoms with Crippen LogP contribution in [-0.2, 0) is 19.6 Å². The summed E-state index contributed by atoms with van der Waals surface area (Å²) in [6, 6.07) is 4.35. The molecule has 0 saturated heterocycles. The molecule has 0 fully saturated rings. The quantitative estimate of drug-likeness (QED) is 0.789. The molecular weight excluding hydrogens is 266 g/mol. The molecule has 0 amide bonds. The molecular formula is C13H19NO4S. The van der Waals surface area contributed by atoms with Crippen molar-refractivity contribution in [1.29, 1.82) is 0 Å². The number of carbonyl (C=O) groups is 1. The molecule has 1 atom stereocenters. The van der Waals surface area contributed by atoms with Crippen molar-refractivity contribution in [1.82, 2.24) is 0 Å². The van der Waals surface area contributed by atoms with Gasteiger partial charge in [0.2, 0.25) is 10.0 Å². The molecule has 0 aliphatic rings. The van der Waals surface area contributed by atoms with Crippen LogP contribution in [0.5, 0.6) is 0 Å². The lowest BCUT2D eigenvalue weighted by atomic mass is 10.1. The van der Waals surface area contributed by atoms with E-state index >= 15 is 0 Å². The zero-order valence-corrected chi connectivity index (χ0v) is 12.6. The molecule has 1 rings (SSSR count). The number of ether oxygens (including phenoxy) is 1. The maximum Gasteiger partial charge on any atom is 0.329 e. The van der Waals surface area contributed by atoms with Crippen molar-refractivity contribution < 1.29 is 17.9 Å². The fourth-order valence-electron chi connectivity index (χ4n) is 1.83. The summed E-state index contributed by atoms with van der Waals surface area (Å²) in [5.74, 6) is -0.594. The maximum absolute atomic E-state index is 11.9. The van der Waals surface area contributed by atoms with Gasteiger partial charge in [-0.1, -0.05) is 6.07 Å². The monoisotopic (exact) mass is 285 g/mol. The second kappa shape index (κ2) is 5.61. The zero-order valence-electron chi connectivity index (χ0n) is 11.8. The molecule has 6 heteroatoms. The lowest BCUT2D eigenvalue weighted by Gasteiger charge is -2.27. The van der Waals surface area contributed by atoms with E-state index in [1.54, 1.807) is 12.1 Å². The van der Waals surface area contributed by atoms with Gasteiger partial charge in [0.25, 0.3) is 0 Å². The average molecular weight is 285 g/mol. The number of benzene rings is 1. The van der Waals surface area contributed by atoms with Crippen LogP contribution < -0.4 is 4.31 Å². The zero-order chi connectivity index (χ0) is 14.8. The van der Waals surface area contributed by atoms with Gasteiger partial charge in [-0.05, 0) is 44.0 Å². The molecule has 0 N–H and O–H groups in total. The molecule has 0 heterocycles. The Labute approximate surface area is 114 Å². The highest BCUT2D eigenvalue weighted by molar-refractivity contribution is 7.92. The number of hydrogen-bond donors (Lipinski definition) is 0. The third-order valence-corrected chi connectivity index (χ3v) is 4.24. The highest BCUT2D eigenvalue weighted by Crippen LogP contribution is 2.23. The third kappa shape index (κ3) is 3.47. The predicted octanol–water partition coefficient (Wildman–Crippen LogP) is 1.63. The van der Waals surface area contributed by atoms with E-state index in [4.69, 9.17) is 0 Å². The van der Waals surface area contributed by atoms with Crippen molar-refractivity contribution in [3.63, 3.8) is 0 Å². The number of carbonyl (C=O) groups excluding carboxylic acids is 1. The largest absolute Gasteiger partial charge is 0.467 e. The van der Waals surface area contributed by atoms with Crippen molar-refractivity contribution in [2.45, 2.75) is 26.8 Å². The molecule has 106 valence electrons. The van der Waals surface area contributed by atoms with Gasteiger partial charge in [-0.15, -0.1) is 0 Å². The number of anilines is 1. The molecule has 19 heavy (non-hydrogen) atoms. The maximum atomic E-state index is 11.9. The van der Waals surface area contributed by atoms with Gasteiger partial charge < -0.3 is 4.74 Å². The van der Waals surface area contributed by atoms with Crippen molar-refractivity contribution in [2.75, 3.05) is 17.7 Å². The normalized spacial score (nSPS) is 12.9. The van der Waals surface area contributed by atoms with Crippen LogP contribution in [0.1, 0.15) is 18.1 Å². The van der Waals surface area contributed by atoms with Gasteiger partial charge in [0, 0.05) is 0 Å². The van der Waals surface area contributed by atoms with E-state index in [1.807, 2.05) is 19.9 Å². The van der Waals surface area contributed by atoms with Crippen LogP contribution in [0.15, 0.2) is 18.2 Å². The number of hydrogen-bond acceptors (Lipinski definition) is 4. The van der Waals surface area contributed by atoms with E-state index < -0.39 is 22.0 Å². The van der Waals surface area contributed by atoms with Crippen LogP contribution in [0.4, 0.5) is 5.69 Å². The third-order valence-electron chi connectivity index (χ3n) is 3.00. The van der Waals surface area contributed by atoms with Crippen LogP contribution in [0.25, 0.3) is 0 Å². The summed E-state index contributed by atoms with van der Waals surface area (Å²) in [6.07, 6.45) is 1.07. The topological polar surface area (TPSA) is 63.7 Å². The van der Waals surface area contributed by atoms with Crippen molar-refractivity contribution in [3.8, 4) is 0 Å². The first kappa shape index (κ1) is 15.5. The summed E-state index contributed by atoms with van der Waals surface area (Å²) < 4.78 is 29.5. The van der Waals surface area contributed by atoms with Gasteiger partial charge in [0.15, 0.2) is 0 Å². The first-order chi connectivity index (χ1) is 8.68. The average Bonchev–Trinajstić information content (AvgIpc) is 2.31. The Morgan fingerprint density at radius 2 is 1.84 bits per heavy atom. The standard InChI is InChI=1S/C13H19NO4S/c1-9-6-7-12(8-10(9)2)14(19(5,16)17)11(3)13(15)18-4/h6-8,11H,1-5H3. The Hall–Kier alpha value is -1.56. The smallest absolute Gasteiger partial charge is 0.329 e. The Morgan fingerprint density at radius 3 is 2.26 bits per heavy atom. The van der Waals surface area contributed by atoms with E-state index in [0.717, 1.165) is 21.7 Å². The summed E-state index contributed by atoms with van der Waals surface area (Å²) in [4.78, 5) is 11.6. The molecule has 5 nitrogen and oxygen atoms in total. The number of esters is 1. The fraction of sp³-hybridized carbons (Fsp3) is 0.462. The minimum absolute atomic E-state index is 0.462. The lowest BCUT2D eigenvalue weighted by Crippen LogP contribution is -2.43. The first-order valence-electron chi connectivity index (χ1n) is 5.83. The number of rotatable bonds is 4. The van der Waals surface area contributed by atoms with Crippen molar-refractivity contribution >= 4 is 21.7 Å². The van der Waals surface area contributed by atoms with Gasteiger partial charge in [-0.3, -0.25) is 4.31 Å². The summed E-state index contributed by atoms with van der Waals surface area (Å²) in [5.41, 5.74) is 2.48. The minimum atomic E-state index is -3.57. The number of methoxy groups -OCH3 is 1. The Balaban J connectivity index is 3.33. The Kier molecular flexibility index (Phi) is 4.57. The highest BCUT2D eigenvalue weighted by atomic mass is 32.2. The van der Waals surface area contributed by atoms with Gasteiger partial charge in [0.05, 0.1) is 19.1 Å². The van der Waals surface area contributed by atoms with E-state index in [2.05, 4.69) is 4.74 Å². The second-order valence-electron chi connectivity index (χ2n) is 4.53. The fourth-order valence-corrected chi connectivity index (χ4v) is 2.99. The first-order valence-corrected chi connectivity index (χ1v) is 7.67. The predicted molar refractivity (Wildman–Crippen MR) is 74.7 cm³/mol. The molecule has 1 aromatic carbocycles. The molecule has 0 saturated carbocycles. The summed E-state index contributed by atoms with van der Waals surface area (Å²) in [7, 11) is -2.33. The van der Waals surface area contributed by atoms with E-state index in [1.165, 1.54) is 14.0 Å². The van der Waals surface area contributed by atoms with Crippen LogP contribution in [0, 0.1) is 13.8 Å². The van der Waals surface area contributed by atoms with Crippen LogP contribution in [0.2, 0.25) is 0 Å². The molecule has 1 unspecified atom stereocenters. The molecule has 0 aliphatic carbocycles. The summed E-state index contributed by atoms with van der Waals surface area (Å²) in [6.45, 7) is 5.33. The van der Waals surface area contributed by atoms with Crippen LogP contribution in [-0.4, -0.2) is 33.8 Å². The molecule has 0 aliphatic heterocycles. The number of nitrogens with zero attached hydrogens (tertiary/aromatic N) is 1. The lowest BCUT2D eigenvalue weighted by molar-refractivity contribution is -0.141. The number of aryl methyl sites for hydroxylation is 2. The van der Waals surface area contributed by atoms with Crippen molar-refractivity contribution in [2.24, 2.45) is 0 Å². The van der Waals surface area contributed by atoms with Crippen LogP contribution >= 0.6 is 0 Å². The van der Waals surface area contributed by atoms with Gasteiger partial charge >= 0.3 is 5.97 Å². The highest BCUT2D eigenvalue weighted by Gasteiger charge is 2.29. The van der Waals surface area contributed by atoms with E-state index in [9.17, 15) is 13.2 Å². The Morgan fingerprint density at radius 1 is 1.26 bits per heavy atom. The van der Waals surface area contributed by atoms with E-state index in [0.29, 0.717) is 5.69 Å². The second-order valence-corrected chi connectivity index (χ2v) is 6.39. The molecule has 0 bridgehead atoms. The van der Waals surface area contributed by atoms with Gasteiger partial charge in [-0.2, -0.15) is 0 Å². The molecule has 0 radical (unpaired) electrons. The van der Waals surface area contributed by atoms with Gasteiger partial charge in [0.1, 0.15) is 6.04 Å². The molecule has 0 aromatic heterocycles. The Bertz CT molecular complexity index is 580. The summed E-state index contributed by atoms with van der Waals surface area (Å²) in [5, 5.41) is 0. The van der Waals surface area contributed by atoms with Gasteiger partial charge in [-0.25, -0.2) is 13.2 Å². The van der Waals surface area contributed by atoms with Crippen LogP contribution in [0.3, 0.4) is 0 Å². The summed E-state index contributed by atoms with van der Waals surface area (Å²) >= 11 is 0. The SMILES string of the molecule is COC(=O)C(C)N(c1ccc(C)c(C)c1)S(C)(=O)=O. The van der Waals surface area contributed by atoms with E-state index in [-0.39, 0.29) is 0 Å². The van der Waals surface area contributed by atoms with Crippen molar-refractivity contribution in [3.05, 3.63) is 29.3 Å². The number of sulfonamides is 1.